The van der Waals surface area contributed by atoms with Gasteiger partial charge in [0.1, 0.15) is 11.3 Å². The number of carbonyl (C=O) groups is 2. The van der Waals surface area contributed by atoms with Crippen LogP contribution in [0.5, 0.6) is 5.75 Å². The first-order valence-electron chi connectivity index (χ1n) is 3.62. The van der Waals surface area contributed by atoms with Gasteiger partial charge in [0.05, 0.1) is 0 Å². The Hall–Kier alpha value is -0.359. The van der Waals surface area contributed by atoms with E-state index in [2.05, 4.69) is 4.74 Å². The standard InChI is InChI=1S/C9H8O4.Sr/c1-6(10)13-8-5-3-2-4-7(8)9(11)12;/h2-5H,1H3,(H,11,12);. The van der Waals surface area contributed by atoms with E-state index >= 15 is 0 Å². The van der Waals surface area contributed by atoms with Crippen LogP contribution in [0.3, 0.4) is 0 Å². The van der Waals surface area contributed by atoms with Crippen molar-refractivity contribution in [2.75, 3.05) is 0 Å². The van der Waals surface area contributed by atoms with Crippen molar-refractivity contribution in [3.63, 3.8) is 0 Å². The molecular formula is C9H8O4Sr. The van der Waals surface area contributed by atoms with Gasteiger partial charge in [-0.1, -0.05) is 12.1 Å². The third-order valence-corrected chi connectivity index (χ3v) is 1.37. The molecule has 1 aromatic carbocycles. The van der Waals surface area contributed by atoms with E-state index in [4.69, 9.17) is 5.11 Å². The number of rotatable bonds is 2. The summed E-state index contributed by atoms with van der Waals surface area (Å²) in [6, 6.07) is 5.98. The van der Waals surface area contributed by atoms with Crippen molar-refractivity contribution in [3.8, 4) is 5.75 Å². The Kier molecular flexibility index (Phi) is 6.03. The van der Waals surface area contributed by atoms with E-state index in [-0.39, 0.29) is 56.8 Å². The Balaban J connectivity index is 0.00000169. The molecule has 0 atom stereocenters. The average Bonchev–Trinajstić information content (AvgIpc) is 2.03. The van der Waals surface area contributed by atoms with E-state index in [0.29, 0.717) is 0 Å². The number of para-hydroxylation sites is 1. The van der Waals surface area contributed by atoms with Gasteiger partial charge in [-0.25, -0.2) is 4.79 Å². The van der Waals surface area contributed by atoms with Crippen LogP contribution in [0.2, 0.25) is 0 Å². The molecule has 0 heterocycles. The van der Waals surface area contributed by atoms with Gasteiger partial charge in [0.2, 0.25) is 0 Å². The first kappa shape index (κ1) is 13.6. The number of hydrogen-bond donors (Lipinski definition) is 1. The SMILES string of the molecule is CC(=O)Oc1ccccc1C(=O)O.[Sr]. The molecule has 0 aromatic heterocycles. The number of carboxylic acid groups (broad SMARTS) is 1. The summed E-state index contributed by atoms with van der Waals surface area (Å²) in [6.45, 7) is 1.22. The van der Waals surface area contributed by atoms with Crippen LogP contribution in [0.25, 0.3) is 0 Å². The van der Waals surface area contributed by atoms with Crippen molar-refractivity contribution < 1.29 is 19.4 Å². The van der Waals surface area contributed by atoms with Crippen LogP contribution in [-0.4, -0.2) is 62.5 Å². The number of carbonyl (C=O) groups excluding carboxylic acids is 1. The molecule has 0 fully saturated rings. The van der Waals surface area contributed by atoms with E-state index in [0.717, 1.165) is 0 Å². The molecule has 1 aromatic rings. The molecule has 0 aliphatic heterocycles. The molecule has 0 aliphatic rings. The van der Waals surface area contributed by atoms with Crippen LogP contribution in [-0.2, 0) is 4.79 Å². The zero-order valence-electron chi connectivity index (χ0n) is 7.69. The molecule has 0 aliphatic carbocycles. The number of ether oxygens (including phenoxy) is 1. The summed E-state index contributed by atoms with van der Waals surface area (Å²) in [5.41, 5.74) is -0.0160. The molecule has 2 radical (unpaired) electrons. The molecular weight excluding hydrogens is 260 g/mol. The van der Waals surface area contributed by atoms with Gasteiger partial charge in [-0.2, -0.15) is 0 Å². The molecule has 0 bridgehead atoms. The normalized spacial score (nSPS) is 8.64. The maximum absolute atomic E-state index is 10.6. The van der Waals surface area contributed by atoms with Crippen molar-refractivity contribution in [2.24, 2.45) is 0 Å². The first-order chi connectivity index (χ1) is 6.11. The van der Waals surface area contributed by atoms with E-state index in [9.17, 15) is 9.59 Å². The van der Waals surface area contributed by atoms with Gasteiger partial charge < -0.3 is 9.84 Å². The average molecular weight is 268 g/mol. The maximum Gasteiger partial charge on any atom is 0.339 e. The molecule has 0 saturated heterocycles. The summed E-state index contributed by atoms with van der Waals surface area (Å²) in [7, 11) is 0. The largest absolute Gasteiger partial charge is 0.478 e. The Morgan fingerprint density at radius 2 is 1.86 bits per heavy atom. The predicted molar refractivity (Wildman–Crippen MR) is 50.5 cm³/mol. The molecule has 14 heavy (non-hydrogen) atoms. The fourth-order valence-electron chi connectivity index (χ4n) is 0.887. The predicted octanol–water partition coefficient (Wildman–Crippen LogP) is 0.929. The Bertz CT molecular complexity index is 348. The molecule has 0 unspecified atom stereocenters. The van der Waals surface area contributed by atoms with E-state index in [1.807, 2.05) is 0 Å². The van der Waals surface area contributed by atoms with Crippen molar-refractivity contribution in [1.29, 1.82) is 0 Å². The van der Waals surface area contributed by atoms with Gasteiger partial charge in [0.25, 0.3) is 0 Å². The minimum Gasteiger partial charge on any atom is -0.478 e. The number of esters is 1. The summed E-state index contributed by atoms with van der Waals surface area (Å²) in [5, 5.41) is 8.69. The van der Waals surface area contributed by atoms with Crippen LogP contribution < -0.4 is 4.74 Å². The quantitative estimate of drug-likeness (QED) is 0.492. The van der Waals surface area contributed by atoms with Crippen LogP contribution in [0, 0.1) is 0 Å². The van der Waals surface area contributed by atoms with Gasteiger partial charge in [0, 0.05) is 52.4 Å². The molecule has 1 N–H and O–H groups in total. The van der Waals surface area contributed by atoms with E-state index in [1.54, 1.807) is 12.1 Å². The zero-order valence-corrected chi connectivity index (χ0v) is 11.2. The fourth-order valence-corrected chi connectivity index (χ4v) is 0.887. The second-order valence-electron chi connectivity index (χ2n) is 2.39. The summed E-state index contributed by atoms with van der Waals surface area (Å²) in [4.78, 5) is 21.2. The molecule has 70 valence electrons. The minimum absolute atomic E-state index is 0. The molecule has 0 amide bonds. The molecule has 1 rings (SSSR count). The first-order valence-corrected chi connectivity index (χ1v) is 3.62. The summed E-state index contributed by atoms with van der Waals surface area (Å²) in [6.07, 6.45) is 0. The van der Waals surface area contributed by atoms with Crippen LogP contribution in [0.4, 0.5) is 0 Å². The summed E-state index contributed by atoms with van der Waals surface area (Å²) >= 11 is 0. The number of carboxylic acids is 1. The number of hydrogen-bond acceptors (Lipinski definition) is 3. The van der Waals surface area contributed by atoms with Gasteiger partial charge in [-0.3, -0.25) is 4.79 Å². The van der Waals surface area contributed by atoms with Gasteiger partial charge in [0.15, 0.2) is 0 Å². The second-order valence-corrected chi connectivity index (χ2v) is 2.39. The third-order valence-electron chi connectivity index (χ3n) is 1.37. The van der Waals surface area contributed by atoms with Crippen molar-refractivity contribution >= 4 is 57.4 Å². The Morgan fingerprint density at radius 3 is 2.36 bits per heavy atom. The summed E-state index contributed by atoms with van der Waals surface area (Å²) in [5.74, 6) is -1.58. The van der Waals surface area contributed by atoms with Gasteiger partial charge in [-0.05, 0) is 12.1 Å². The topological polar surface area (TPSA) is 63.6 Å². The van der Waals surface area contributed by atoms with Crippen LogP contribution in [0.1, 0.15) is 17.3 Å². The molecule has 0 saturated carbocycles. The fraction of sp³-hybridized carbons (Fsp3) is 0.111. The molecule has 0 spiro atoms. The summed E-state index contributed by atoms with van der Waals surface area (Å²) < 4.78 is 4.69. The van der Waals surface area contributed by atoms with Crippen molar-refractivity contribution in [3.05, 3.63) is 29.8 Å². The van der Waals surface area contributed by atoms with Gasteiger partial charge >= 0.3 is 11.9 Å². The van der Waals surface area contributed by atoms with Crippen molar-refractivity contribution in [2.45, 2.75) is 6.92 Å². The smallest absolute Gasteiger partial charge is 0.339 e. The number of benzene rings is 1. The van der Waals surface area contributed by atoms with Crippen molar-refractivity contribution in [1.82, 2.24) is 0 Å². The van der Waals surface area contributed by atoms with Crippen LogP contribution in [0.15, 0.2) is 24.3 Å². The monoisotopic (exact) mass is 268 g/mol. The van der Waals surface area contributed by atoms with E-state index in [1.165, 1.54) is 19.1 Å². The number of aromatic carboxylic acids is 1. The minimum atomic E-state index is -1.11. The maximum atomic E-state index is 10.6. The van der Waals surface area contributed by atoms with Crippen LogP contribution >= 0.6 is 0 Å². The molecule has 5 heteroatoms. The van der Waals surface area contributed by atoms with Gasteiger partial charge in [-0.15, -0.1) is 0 Å². The Morgan fingerprint density at radius 1 is 1.29 bits per heavy atom. The van der Waals surface area contributed by atoms with E-state index < -0.39 is 11.9 Å². The molecule has 4 nitrogen and oxygen atoms in total. The zero-order chi connectivity index (χ0) is 9.84. The second kappa shape index (κ2) is 6.19. The Labute approximate surface area is 118 Å². The third kappa shape index (κ3) is 3.79.